The van der Waals surface area contributed by atoms with Gasteiger partial charge in [0.1, 0.15) is 4.70 Å². The largest absolute Gasteiger partial charge is 0.356 e. The zero-order valence-corrected chi connectivity index (χ0v) is 17.0. The second kappa shape index (κ2) is 8.87. The van der Waals surface area contributed by atoms with Crippen LogP contribution in [-0.2, 0) is 18.4 Å². The van der Waals surface area contributed by atoms with Gasteiger partial charge in [-0.25, -0.2) is 4.79 Å². The highest BCUT2D eigenvalue weighted by atomic mass is 32.1. The minimum absolute atomic E-state index is 0.0715. The summed E-state index contributed by atoms with van der Waals surface area (Å²) < 4.78 is 3.58. The molecule has 2 heterocycles. The van der Waals surface area contributed by atoms with Gasteiger partial charge in [-0.2, -0.15) is 0 Å². The first-order chi connectivity index (χ1) is 13.0. The van der Waals surface area contributed by atoms with Crippen LogP contribution in [0.1, 0.15) is 51.9 Å². The van der Waals surface area contributed by atoms with E-state index in [2.05, 4.69) is 12.2 Å². The maximum atomic E-state index is 12.7. The number of amides is 1. The van der Waals surface area contributed by atoms with Gasteiger partial charge < -0.3 is 5.32 Å². The van der Waals surface area contributed by atoms with Gasteiger partial charge in [-0.1, -0.05) is 19.8 Å². The summed E-state index contributed by atoms with van der Waals surface area (Å²) in [7, 11) is 1.72. The van der Waals surface area contributed by atoms with Crippen LogP contribution in [0.2, 0.25) is 0 Å². The van der Waals surface area contributed by atoms with Gasteiger partial charge in [0.05, 0.1) is 5.52 Å². The van der Waals surface area contributed by atoms with Crippen molar-refractivity contribution in [2.45, 2.75) is 58.4 Å². The number of hydrogen-bond acceptors (Lipinski definition) is 4. The summed E-state index contributed by atoms with van der Waals surface area (Å²) in [4.78, 5) is 37.5. The fourth-order valence-corrected chi connectivity index (χ4v) is 4.85. The molecular weight excluding hydrogens is 362 g/mol. The standard InChI is InChI=1S/C20H29N3O3S/c1-3-4-5-11-21-18(24)15-8-6-14(7-9-15)13-23-19(25)17-16(10-12-27-17)22(2)20(23)26/h10,12,14-15H,3-9,11,13H2,1-2H3,(H,21,24). The summed E-state index contributed by atoms with van der Waals surface area (Å²) in [6.07, 6.45) is 6.76. The highest BCUT2D eigenvalue weighted by Gasteiger charge is 2.27. The van der Waals surface area contributed by atoms with E-state index in [-0.39, 0.29) is 29.0 Å². The molecule has 0 spiro atoms. The molecule has 1 amide bonds. The predicted molar refractivity (Wildman–Crippen MR) is 109 cm³/mol. The van der Waals surface area contributed by atoms with E-state index in [4.69, 9.17) is 0 Å². The van der Waals surface area contributed by atoms with Crippen LogP contribution in [0, 0.1) is 11.8 Å². The number of aryl methyl sites for hydroxylation is 1. The van der Waals surface area contributed by atoms with E-state index in [1.807, 2.05) is 11.4 Å². The molecule has 0 unspecified atom stereocenters. The summed E-state index contributed by atoms with van der Waals surface area (Å²) >= 11 is 1.38. The Balaban J connectivity index is 1.60. The molecule has 0 bridgehead atoms. The maximum absolute atomic E-state index is 12.7. The Morgan fingerprint density at radius 3 is 2.67 bits per heavy atom. The van der Waals surface area contributed by atoms with Crippen molar-refractivity contribution < 1.29 is 4.79 Å². The van der Waals surface area contributed by atoms with Gasteiger partial charge in [-0.15, -0.1) is 11.3 Å². The van der Waals surface area contributed by atoms with Crippen molar-refractivity contribution in [2.75, 3.05) is 6.54 Å². The van der Waals surface area contributed by atoms with E-state index in [0.717, 1.165) is 51.5 Å². The summed E-state index contributed by atoms with van der Waals surface area (Å²) in [6.45, 7) is 3.36. The molecule has 1 fully saturated rings. The van der Waals surface area contributed by atoms with Crippen LogP contribution >= 0.6 is 11.3 Å². The Labute approximate surface area is 163 Å². The zero-order valence-electron chi connectivity index (χ0n) is 16.2. The van der Waals surface area contributed by atoms with Gasteiger partial charge in [0.25, 0.3) is 5.56 Å². The van der Waals surface area contributed by atoms with Crippen LogP contribution in [0.5, 0.6) is 0 Å². The van der Waals surface area contributed by atoms with E-state index < -0.39 is 0 Å². The maximum Gasteiger partial charge on any atom is 0.331 e. The minimum Gasteiger partial charge on any atom is -0.356 e. The summed E-state index contributed by atoms with van der Waals surface area (Å²) in [6, 6.07) is 1.82. The molecule has 3 rings (SSSR count). The number of fused-ring (bicyclic) bond motifs is 1. The SMILES string of the molecule is CCCCCNC(=O)C1CCC(Cn2c(=O)c3sccc3n(C)c2=O)CC1. The smallest absolute Gasteiger partial charge is 0.331 e. The van der Waals surface area contributed by atoms with Crippen molar-refractivity contribution in [2.24, 2.45) is 18.9 Å². The van der Waals surface area contributed by atoms with Crippen molar-refractivity contribution in [1.29, 1.82) is 0 Å². The number of carbonyl (C=O) groups is 1. The molecule has 6 nitrogen and oxygen atoms in total. The molecule has 1 saturated carbocycles. The lowest BCUT2D eigenvalue weighted by Crippen LogP contribution is -2.41. The highest BCUT2D eigenvalue weighted by molar-refractivity contribution is 7.17. The molecule has 2 aromatic rings. The summed E-state index contributed by atoms with van der Waals surface area (Å²) in [5, 5.41) is 4.90. The molecular formula is C20H29N3O3S. The van der Waals surface area contributed by atoms with Crippen LogP contribution in [0.15, 0.2) is 21.0 Å². The first-order valence-corrected chi connectivity index (χ1v) is 10.9. The lowest BCUT2D eigenvalue weighted by molar-refractivity contribution is -0.126. The van der Waals surface area contributed by atoms with E-state index >= 15 is 0 Å². The average molecular weight is 392 g/mol. The minimum atomic E-state index is -0.248. The van der Waals surface area contributed by atoms with Gasteiger partial charge >= 0.3 is 5.69 Å². The van der Waals surface area contributed by atoms with Crippen molar-refractivity contribution in [3.63, 3.8) is 0 Å². The van der Waals surface area contributed by atoms with Gasteiger partial charge in [0, 0.05) is 26.1 Å². The molecule has 27 heavy (non-hydrogen) atoms. The molecule has 0 aliphatic heterocycles. The fraction of sp³-hybridized carbons (Fsp3) is 0.650. The van der Waals surface area contributed by atoms with E-state index in [0.29, 0.717) is 16.8 Å². The molecule has 0 radical (unpaired) electrons. The van der Waals surface area contributed by atoms with Crippen LogP contribution in [0.25, 0.3) is 10.2 Å². The first-order valence-electron chi connectivity index (χ1n) is 9.97. The normalized spacial score (nSPS) is 20.1. The van der Waals surface area contributed by atoms with Crippen LogP contribution in [0.4, 0.5) is 0 Å². The van der Waals surface area contributed by atoms with E-state index in [1.165, 1.54) is 15.9 Å². The Morgan fingerprint density at radius 1 is 1.22 bits per heavy atom. The third-order valence-corrected chi connectivity index (χ3v) is 6.59. The summed E-state index contributed by atoms with van der Waals surface area (Å²) in [5.74, 6) is 0.511. The number of rotatable bonds is 7. The predicted octanol–water partition coefficient (Wildman–Crippen LogP) is 2.87. The van der Waals surface area contributed by atoms with E-state index in [1.54, 1.807) is 11.6 Å². The molecule has 1 aliphatic rings. The number of hydrogen-bond donors (Lipinski definition) is 1. The lowest BCUT2D eigenvalue weighted by atomic mass is 9.81. The van der Waals surface area contributed by atoms with Crippen molar-refractivity contribution in [3.05, 3.63) is 32.3 Å². The molecule has 1 aliphatic carbocycles. The Bertz CT molecular complexity index is 903. The second-order valence-corrected chi connectivity index (χ2v) is 8.52. The molecule has 0 saturated heterocycles. The van der Waals surface area contributed by atoms with Crippen LogP contribution in [-0.4, -0.2) is 21.6 Å². The number of unbranched alkanes of at least 4 members (excludes halogenated alkanes) is 2. The molecule has 0 aromatic carbocycles. The monoisotopic (exact) mass is 391 g/mol. The summed E-state index contributed by atoms with van der Waals surface area (Å²) in [5.41, 5.74) is 0.273. The van der Waals surface area contributed by atoms with Crippen molar-refractivity contribution in [3.8, 4) is 0 Å². The third-order valence-electron chi connectivity index (χ3n) is 5.70. The highest BCUT2D eigenvalue weighted by Crippen LogP contribution is 2.29. The lowest BCUT2D eigenvalue weighted by Gasteiger charge is -2.28. The van der Waals surface area contributed by atoms with Gasteiger partial charge in [0.15, 0.2) is 0 Å². The Kier molecular flexibility index (Phi) is 6.52. The Hall–Kier alpha value is -1.89. The number of nitrogens with one attached hydrogen (secondary N) is 1. The number of carbonyl (C=O) groups excluding carboxylic acids is 1. The van der Waals surface area contributed by atoms with Crippen molar-refractivity contribution in [1.82, 2.24) is 14.5 Å². The molecule has 7 heteroatoms. The topological polar surface area (TPSA) is 73.1 Å². The fourth-order valence-electron chi connectivity index (χ4n) is 3.98. The average Bonchev–Trinajstić information content (AvgIpc) is 3.17. The number of aromatic nitrogens is 2. The number of thiophene rings is 1. The third kappa shape index (κ3) is 4.34. The quantitative estimate of drug-likeness (QED) is 0.738. The van der Waals surface area contributed by atoms with E-state index in [9.17, 15) is 14.4 Å². The zero-order chi connectivity index (χ0) is 19.4. The van der Waals surface area contributed by atoms with Gasteiger partial charge in [-0.3, -0.25) is 18.7 Å². The van der Waals surface area contributed by atoms with Gasteiger partial charge in [-0.05, 0) is 49.5 Å². The first kappa shape index (κ1) is 19.9. The molecule has 1 N–H and O–H groups in total. The van der Waals surface area contributed by atoms with Crippen LogP contribution < -0.4 is 16.6 Å². The van der Waals surface area contributed by atoms with Gasteiger partial charge in [0.2, 0.25) is 5.91 Å². The molecule has 2 aromatic heterocycles. The Morgan fingerprint density at radius 2 is 1.96 bits per heavy atom. The second-order valence-electron chi connectivity index (χ2n) is 7.61. The van der Waals surface area contributed by atoms with Crippen molar-refractivity contribution >= 4 is 27.5 Å². The van der Waals surface area contributed by atoms with Crippen LogP contribution in [0.3, 0.4) is 0 Å². The molecule has 0 atom stereocenters. The number of nitrogens with zero attached hydrogens (tertiary/aromatic N) is 2. The molecule has 148 valence electrons.